The number of rotatable bonds is 2. The molecule has 2 N–H and O–H groups in total. The predicted molar refractivity (Wildman–Crippen MR) is 79.9 cm³/mol. The van der Waals surface area contributed by atoms with Gasteiger partial charge in [0.1, 0.15) is 0 Å². The average molecular weight is 323 g/mol. The fourth-order valence-corrected chi connectivity index (χ4v) is 2.59. The Morgan fingerprint density at radius 1 is 1.21 bits per heavy atom. The quantitative estimate of drug-likeness (QED) is 0.924. The van der Waals surface area contributed by atoms with E-state index in [0.717, 1.165) is 11.3 Å². The van der Waals surface area contributed by atoms with Crippen molar-refractivity contribution in [1.29, 1.82) is 0 Å². The highest BCUT2D eigenvalue weighted by Crippen LogP contribution is 2.27. The summed E-state index contributed by atoms with van der Waals surface area (Å²) in [5.74, 6) is 0. The van der Waals surface area contributed by atoms with Gasteiger partial charge in [-0.05, 0) is 32.5 Å². The summed E-state index contributed by atoms with van der Waals surface area (Å²) in [6.45, 7) is 6.59. The maximum Gasteiger partial charge on any atom is 0.153 e. The molecule has 2 rings (SSSR count). The number of halogens is 1. The zero-order valence-corrected chi connectivity index (χ0v) is 13.3. The van der Waals surface area contributed by atoms with Crippen molar-refractivity contribution in [2.24, 2.45) is 12.8 Å². The number of aryl methyl sites for hydroxylation is 1. The van der Waals surface area contributed by atoms with Crippen LogP contribution in [0.5, 0.6) is 0 Å². The molecule has 0 aliphatic rings. The first kappa shape index (κ1) is 14.2. The highest BCUT2D eigenvalue weighted by atomic mass is 79.9. The van der Waals surface area contributed by atoms with Crippen molar-refractivity contribution in [2.75, 3.05) is 0 Å². The lowest BCUT2D eigenvalue weighted by Gasteiger charge is -2.20. The van der Waals surface area contributed by atoms with Crippen LogP contribution >= 0.6 is 15.9 Å². The van der Waals surface area contributed by atoms with Crippen LogP contribution in [0, 0.1) is 0 Å². The van der Waals surface area contributed by atoms with Crippen LogP contribution in [-0.4, -0.2) is 15.0 Å². The summed E-state index contributed by atoms with van der Waals surface area (Å²) >= 11 is 3.39. The van der Waals surface area contributed by atoms with E-state index in [1.165, 1.54) is 5.56 Å². The van der Waals surface area contributed by atoms with Gasteiger partial charge in [0.05, 0.1) is 11.7 Å². The maximum absolute atomic E-state index is 6.29. The largest absolute Gasteiger partial charge is 0.319 e. The molecule has 1 unspecified atom stereocenters. The van der Waals surface area contributed by atoms with E-state index < -0.39 is 0 Å². The molecular weight excluding hydrogens is 304 g/mol. The third kappa shape index (κ3) is 2.87. The number of nitrogens with zero attached hydrogens (tertiary/aromatic N) is 3. The van der Waals surface area contributed by atoms with E-state index >= 15 is 0 Å². The molecule has 1 atom stereocenters. The molecule has 0 aliphatic heterocycles. The normalized spacial score (nSPS) is 13.6. The van der Waals surface area contributed by atoms with Crippen LogP contribution < -0.4 is 5.73 Å². The second kappa shape index (κ2) is 5.06. The van der Waals surface area contributed by atoms with Crippen LogP contribution in [-0.2, 0) is 12.5 Å². The molecule has 1 aromatic heterocycles. The molecule has 19 heavy (non-hydrogen) atoms. The molecule has 5 heteroatoms. The Hall–Kier alpha value is -1.20. The van der Waals surface area contributed by atoms with Crippen LogP contribution in [0.4, 0.5) is 0 Å². The molecule has 0 radical (unpaired) electrons. The summed E-state index contributed by atoms with van der Waals surface area (Å²) in [4.78, 5) is 0. The first-order valence-electron chi connectivity index (χ1n) is 6.22. The molecule has 0 bridgehead atoms. The standard InChI is InChI=1S/C14H19BrN4/c1-14(2,3)10-7-5-9(6-8-10)11(16)12-13(15)17-18-19(12)4/h5-8,11H,16H2,1-4H3. The number of benzene rings is 1. The fraction of sp³-hybridized carbons (Fsp3) is 0.429. The van der Waals surface area contributed by atoms with Crippen molar-refractivity contribution >= 4 is 15.9 Å². The van der Waals surface area contributed by atoms with Gasteiger partial charge in [0.2, 0.25) is 0 Å². The maximum atomic E-state index is 6.29. The summed E-state index contributed by atoms with van der Waals surface area (Å²) in [6.07, 6.45) is 0. The van der Waals surface area contributed by atoms with Crippen LogP contribution in [0.2, 0.25) is 0 Å². The molecular formula is C14H19BrN4. The van der Waals surface area contributed by atoms with Crippen molar-refractivity contribution in [2.45, 2.75) is 32.2 Å². The van der Waals surface area contributed by atoms with E-state index in [4.69, 9.17) is 5.73 Å². The summed E-state index contributed by atoms with van der Waals surface area (Å²) in [5.41, 5.74) is 9.67. The predicted octanol–water partition coefficient (Wildman–Crippen LogP) is 2.92. The Bertz CT molecular complexity index is 547. The molecule has 0 fully saturated rings. The lowest BCUT2D eigenvalue weighted by molar-refractivity contribution is 0.589. The van der Waals surface area contributed by atoms with Gasteiger partial charge in [-0.3, -0.25) is 0 Å². The van der Waals surface area contributed by atoms with Crippen molar-refractivity contribution < 1.29 is 0 Å². The molecule has 0 saturated heterocycles. The van der Waals surface area contributed by atoms with E-state index in [1.54, 1.807) is 4.68 Å². The molecule has 0 spiro atoms. The first-order chi connectivity index (χ1) is 8.80. The van der Waals surface area contributed by atoms with E-state index in [9.17, 15) is 0 Å². The number of nitrogens with two attached hydrogens (primary N) is 1. The Morgan fingerprint density at radius 3 is 2.21 bits per heavy atom. The van der Waals surface area contributed by atoms with Gasteiger partial charge in [-0.25, -0.2) is 4.68 Å². The Labute approximate surface area is 122 Å². The Kier molecular flexibility index (Phi) is 3.78. The van der Waals surface area contributed by atoms with Gasteiger partial charge in [-0.2, -0.15) is 0 Å². The molecule has 0 amide bonds. The lowest BCUT2D eigenvalue weighted by Crippen LogP contribution is -2.17. The minimum absolute atomic E-state index is 0.150. The van der Waals surface area contributed by atoms with E-state index in [-0.39, 0.29) is 11.5 Å². The van der Waals surface area contributed by atoms with Crippen LogP contribution in [0.3, 0.4) is 0 Å². The number of hydrogen-bond donors (Lipinski definition) is 1. The van der Waals surface area contributed by atoms with Gasteiger partial charge in [-0.1, -0.05) is 50.3 Å². The van der Waals surface area contributed by atoms with Gasteiger partial charge in [0, 0.05) is 7.05 Å². The topological polar surface area (TPSA) is 56.7 Å². The number of hydrogen-bond acceptors (Lipinski definition) is 3. The summed E-state index contributed by atoms with van der Waals surface area (Å²) < 4.78 is 2.40. The van der Waals surface area contributed by atoms with Crippen molar-refractivity contribution in [3.63, 3.8) is 0 Å². The minimum atomic E-state index is -0.233. The highest BCUT2D eigenvalue weighted by Gasteiger charge is 2.19. The second-order valence-electron chi connectivity index (χ2n) is 5.74. The highest BCUT2D eigenvalue weighted by molar-refractivity contribution is 9.10. The van der Waals surface area contributed by atoms with Crippen LogP contribution in [0.1, 0.15) is 43.6 Å². The van der Waals surface area contributed by atoms with Gasteiger partial charge >= 0.3 is 0 Å². The zero-order valence-electron chi connectivity index (χ0n) is 11.7. The third-order valence-electron chi connectivity index (χ3n) is 3.26. The Morgan fingerprint density at radius 2 is 1.79 bits per heavy atom. The van der Waals surface area contributed by atoms with Gasteiger partial charge < -0.3 is 5.73 Å². The fourth-order valence-electron chi connectivity index (χ4n) is 2.02. The summed E-state index contributed by atoms with van der Waals surface area (Å²) in [5, 5.41) is 7.93. The molecule has 1 heterocycles. The minimum Gasteiger partial charge on any atom is -0.319 e. The van der Waals surface area contributed by atoms with Crippen molar-refractivity contribution in [1.82, 2.24) is 15.0 Å². The van der Waals surface area contributed by atoms with E-state index in [0.29, 0.717) is 4.60 Å². The van der Waals surface area contributed by atoms with Gasteiger partial charge in [-0.15, -0.1) is 5.10 Å². The number of aromatic nitrogens is 3. The molecule has 0 saturated carbocycles. The van der Waals surface area contributed by atoms with E-state index in [1.807, 2.05) is 7.05 Å². The molecule has 2 aromatic rings. The van der Waals surface area contributed by atoms with Crippen molar-refractivity contribution in [3.8, 4) is 0 Å². The molecule has 1 aromatic carbocycles. The zero-order chi connectivity index (χ0) is 14.2. The second-order valence-corrected chi connectivity index (χ2v) is 6.49. The molecule has 102 valence electrons. The lowest BCUT2D eigenvalue weighted by atomic mass is 9.86. The van der Waals surface area contributed by atoms with E-state index in [2.05, 4.69) is 71.3 Å². The van der Waals surface area contributed by atoms with Crippen molar-refractivity contribution in [3.05, 3.63) is 45.7 Å². The average Bonchev–Trinajstić information content (AvgIpc) is 2.67. The summed E-state index contributed by atoms with van der Waals surface area (Å²) in [6, 6.07) is 8.18. The third-order valence-corrected chi connectivity index (χ3v) is 3.82. The summed E-state index contributed by atoms with van der Waals surface area (Å²) in [7, 11) is 1.84. The molecule has 4 nitrogen and oxygen atoms in total. The van der Waals surface area contributed by atoms with Crippen LogP contribution in [0.25, 0.3) is 0 Å². The molecule has 0 aliphatic carbocycles. The van der Waals surface area contributed by atoms with Gasteiger partial charge in [0.15, 0.2) is 4.60 Å². The SMILES string of the molecule is Cn1nnc(Br)c1C(N)c1ccc(C(C)(C)C)cc1. The van der Waals surface area contributed by atoms with Gasteiger partial charge in [0.25, 0.3) is 0 Å². The smallest absolute Gasteiger partial charge is 0.153 e. The monoisotopic (exact) mass is 322 g/mol. The van der Waals surface area contributed by atoms with Crippen LogP contribution in [0.15, 0.2) is 28.9 Å². The Balaban J connectivity index is 2.33. The first-order valence-corrected chi connectivity index (χ1v) is 7.01.